The molecule has 0 aromatic carbocycles. The zero-order valence-corrected chi connectivity index (χ0v) is 21.9. The van der Waals surface area contributed by atoms with Crippen LogP contribution < -0.4 is 15.4 Å². The number of likely N-dealkylation sites (tertiary alicyclic amines) is 2. The van der Waals surface area contributed by atoms with Gasteiger partial charge in [0.15, 0.2) is 11.6 Å². The van der Waals surface area contributed by atoms with Crippen LogP contribution in [0.15, 0.2) is 18.3 Å². The molecule has 38 heavy (non-hydrogen) atoms. The second-order valence-corrected chi connectivity index (χ2v) is 11.6. The molecule has 5 rings (SSSR count). The third-order valence-corrected chi connectivity index (χ3v) is 8.13. The van der Waals surface area contributed by atoms with Crippen molar-refractivity contribution in [3.63, 3.8) is 0 Å². The van der Waals surface area contributed by atoms with Gasteiger partial charge in [0.1, 0.15) is 18.1 Å². The van der Waals surface area contributed by atoms with Crippen LogP contribution >= 0.6 is 0 Å². The second kappa shape index (κ2) is 9.15. The standard InChI is InChI=1S/C26H32N6O6/c1-25(2,3)19(29-24(36)37-4)22(34)32-15-8-7-14(10-15)18(32)21(33)31-13-26(11-16(31)12-27)23(35)30-20-17(38-26)6-5-9-28-20/h5-6,9,14-16,18-19H,7-8,10-11,13H2,1-4H3,(H,29,36)(H,28,30,35). The number of nitrogens with one attached hydrogen (secondary N) is 2. The Balaban J connectivity index is 1.43. The average molecular weight is 525 g/mol. The fraction of sp³-hybridized carbons (Fsp3) is 0.615. The number of rotatable bonds is 3. The lowest BCUT2D eigenvalue weighted by Gasteiger charge is -2.41. The highest BCUT2D eigenvalue weighted by Gasteiger charge is 2.60. The fourth-order valence-corrected chi connectivity index (χ4v) is 6.27. The van der Waals surface area contributed by atoms with Crippen molar-refractivity contribution in [2.45, 2.75) is 76.2 Å². The Morgan fingerprint density at radius 1 is 1.34 bits per heavy atom. The molecule has 4 aliphatic rings. The smallest absolute Gasteiger partial charge is 0.407 e. The number of hydrogen-bond acceptors (Lipinski definition) is 8. The molecule has 4 amide bonds. The first-order valence-corrected chi connectivity index (χ1v) is 12.8. The van der Waals surface area contributed by atoms with Crippen LogP contribution in [0.25, 0.3) is 0 Å². The number of alkyl carbamates (subject to hydrolysis) is 1. The summed E-state index contributed by atoms with van der Waals surface area (Å²) in [5.41, 5.74) is -2.08. The zero-order chi connectivity index (χ0) is 27.4. The SMILES string of the molecule is COC(=O)NC(C(=O)N1C2CCC(C2)C1C(=O)N1CC2(CC1C#N)Oc1cccnc1NC2=O)C(C)(C)C. The molecule has 2 bridgehead atoms. The molecule has 2 saturated heterocycles. The van der Waals surface area contributed by atoms with Gasteiger partial charge in [0.2, 0.25) is 17.4 Å². The van der Waals surface area contributed by atoms with Gasteiger partial charge in [-0.25, -0.2) is 9.78 Å². The maximum atomic E-state index is 14.1. The highest BCUT2D eigenvalue weighted by atomic mass is 16.5. The Kier molecular flexibility index (Phi) is 6.20. The molecule has 202 valence electrons. The number of carbonyl (C=O) groups is 4. The number of amides is 4. The fourth-order valence-electron chi connectivity index (χ4n) is 6.27. The molecule has 6 unspecified atom stereocenters. The van der Waals surface area contributed by atoms with Crippen LogP contribution in [0.4, 0.5) is 10.6 Å². The number of piperidine rings is 1. The average Bonchev–Trinajstić information content (AvgIpc) is 3.60. The quantitative estimate of drug-likeness (QED) is 0.602. The first-order valence-electron chi connectivity index (χ1n) is 12.8. The number of anilines is 1. The summed E-state index contributed by atoms with van der Waals surface area (Å²) in [6.07, 6.45) is 3.01. The van der Waals surface area contributed by atoms with Crippen LogP contribution in [0.1, 0.15) is 46.5 Å². The number of nitriles is 1. The molecule has 12 nitrogen and oxygen atoms in total. The van der Waals surface area contributed by atoms with Gasteiger partial charge in [-0.05, 0) is 42.7 Å². The monoisotopic (exact) mass is 524 g/mol. The van der Waals surface area contributed by atoms with Gasteiger partial charge in [-0.2, -0.15) is 5.26 Å². The number of carbonyl (C=O) groups excluding carboxylic acids is 4. The Bertz CT molecular complexity index is 1220. The largest absolute Gasteiger partial charge is 0.472 e. The van der Waals surface area contributed by atoms with Crippen LogP contribution in [-0.2, 0) is 19.1 Å². The van der Waals surface area contributed by atoms with Crippen molar-refractivity contribution < 1.29 is 28.7 Å². The first-order chi connectivity index (χ1) is 18.0. The predicted molar refractivity (Wildman–Crippen MR) is 133 cm³/mol. The van der Waals surface area contributed by atoms with Crippen LogP contribution in [0.2, 0.25) is 0 Å². The Hall–Kier alpha value is -3.88. The van der Waals surface area contributed by atoms with Crippen LogP contribution in [-0.4, -0.2) is 82.0 Å². The van der Waals surface area contributed by atoms with Crippen molar-refractivity contribution >= 4 is 29.6 Å². The van der Waals surface area contributed by atoms with Gasteiger partial charge in [0.25, 0.3) is 5.91 Å². The van der Waals surface area contributed by atoms with Gasteiger partial charge in [0, 0.05) is 18.7 Å². The minimum Gasteiger partial charge on any atom is -0.472 e. The van der Waals surface area contributed by atoms with E-state index in [-0.39, 0.29) is 42.6 Å². The first kappa shape index (κ1) is 25.8. The molecule has 3 aliphatic heterocycles. The third-order valence-electron chi connectivity index (χ3n) is 8.13. The molecule has 1 aliphatic carbocycles. The molecule has 12 heteroatoms. The molecule has 0 radical (unpaired) electrons. The number of aromatic nitrogens is 1. The Labute approximate surface area is 220 Å². The summed E-state index contributed by atoms with van der Waals surface area (Å²) < 4.78 is 10.8. The predicted octanol–water partition coefficient (Wildman–Crippen LogP) is 1.43. The van der Waals surface area contributed by atoms with E-state index in [1.54, 1.807) is 17.0 Å². The maximum absolute atomic E-state index is 14.1. The van der Waals surface area contributed by atoms with Crippen molar-refractivity contribution in [3.05, 3.63) is 18.3 Å². The van der Waals surface area contributed by atoms with E-state index in [0.717, 1.165) is 12.8 Å². The summed E-state index contributed by atoms with van der Waals surface area (Å²) in [6.45, 7) is 5.37. The van der Waals surface area contributed by atoms with E-state index in [0.29, 0.717) is 12.2 Å². The second-order valence-electron chi connectivity index (χ2n) is 11.6. The van der Waals surface area contributed by atoms with Crippen molar-refractivity contribution in [2.24, 2.45) is 11.3 Å². The van der Waals surface area contributed by atoms with E-state index < -0.39 is 41.1 Å². The Morgan fingerprint density at radius 2 is 2.11 bits per heavy atom. The minimum atomic E-state index is -1.43. The highest BCUT2D eigenvalue weighted by Crippen LogP contribution is 2.46. The van der Waals surface area contributed by atoms with E-state index in [9.17, 15) is 24.4 Å². The third kappa shape index (κ3) is 4.10. The maximum Gasteiger partial charge on any atom is 0.407 e. The molecule has 1 saturated carbocycles. The van der Waals surface area contributed by atoms with Crippen molar-refractivity contribution in [3.8, 4) is 11.8 Å². The molecule has 4 heterocycles. The van der Waals surface area contributed by atoms with Gasteiger partial charge < -0.3 is 29.9 Å². The molecule has 2 N–H and O–H groups in total. The summed E-state index contributed by atoms with van der Waals surface area (Å²) in [5.74, 6) is -0.614. The van der Waals surface area contributed by atoms with Gasteiger partial charge >= 0.3 is 6.09 Å². The van der Waals surface area contributed by atoms with Crippen LogP contribution in [0.3, 0.4) is 0 Å². The lowest BCUT2D eigenvalue weighted by Crippen LogP contribution is -2.62. The van der Waals surface area contributed by atoms with E-state index in [2.05, 4.69) is 21.7 Å². The molecule has 1 aromatic rings. The summed E-state index contributed by atoms with van der Waals surface area (Å²) in [7, 11) is 1.23. The Morgan fingerprint density at radius 3 is 2.79 bits per heavy atom. The topological polar surface area (TPSA) is 154 Å². The number of methoxy groups -OCH3 is 1. The van der Waals surface area contributed by atoms with Gasteiger partial charge in [-0.3, -0.25) is 14.4 Å². The van der Waals surface area contributed by atoms with Gasteiger partial charge in [-0.15, -0.1) is 0 Å². The minimum absolute atomic E-state index is 0.00131. The van der Waals surface area contributed by atoms with Crippen molar-refractivity contribution in [1.29, 1.82) is 5.26 Å². The molecule has 1 aromatic heterocycles. The van der Waals surface area contributed by atoms with E-state index in [1.807, 2.05) is 20.8 Å². The molecule has 1 spiro atoms. The van der Waals surface area contributed by atoms with Crippen molar-refractivity contribution in [2.75, 3.05) is 19.0 Å². The van der Waals surface area contributed by atoms with Gasteiger partial charge in [-0.1, -0.05) is 20.8 Å². The molecular weight excluding hydrogens is 492 g/mol. The zero-order valence-electron chi connectivity index (χ0n) is 21.9. The van der Waals surface area contributed by atoms with Crippen LogP contribution in [0.5, 0.6) is 5.75 Å². The van der Waals surface area contributed by atoms with E-state index in [4.69, 9.17) is 9.47 Å². The number of hydrogen-bond donors (Lipinski definition) is 2. The summed E-state index contributed by atoms with van der Waals surface area (Å²) in [5, 5.41) is 15.3. The summed E-state index contributed by atoms with van der Waals surface area (Å²) in [4.78, 5) is 60.3. The van der Waals surface area contributed by atoms with E-state index >= 15 is 0 Å². The lowest BCUT2D eigenvalue weighted by molar-refractivity contribution is -0.151. The highest BCUT2D eigenvalue weighted by molar-refractivity contribution is 6.01. The summed E-state index contributed by atoms with van der Waals surface area (Å²) >= 11 is 0. The van der Waals surface area contributed by atoms with Crippen molar-refractivity contribution in [1.82, 2.24) is 20.1 Å². The normalized spacial score (nSPS) is 30.2. The number of fused-ring (bicyclic) bond motifs is 3. The van der Waals surface area contributed by atoms with Crippen LogP contribution in [0, 0.1) is 22.7 Å². The van der Waals surface area contributed by atoms with E-state index in [1.165, 1.54) is 18.2 Å². The number of pyridine rings is 1. The molecular formula is C26H32N6O6. The number of ether oxygens (including phenoxy) is 2. The molecule has 6 atom stereocenters. The molecule has 3 fully saturated rings. The number of nitrogens with zero attached hydrogens (tertiary/aromatic N) is 4. The lowest BCUT2D eigenvalue weighted by atomic mass is 9.85. The summed E-state index contributed by atoms with van der Waals surface area (Å²) in [6, 6.07) is 2.74. The van der Waals surface area contributed by atoms with Gasteiger partial charge in [0.05, 0.1) is 19.7 Å².